The van der Waals surface area contributed by atoms with E-state index in [2.05, 4.69) is 45.9 Å². The van der Waals surface area contributed by atoms with Crippen LogP contribution in [-0.2, 0) is 19.4 Å². The van der Waals surface area contributed by atoms with Crippen LogP contribution in [-0.4, -0.2) is 4.98 Å². The highest BCUT2D eigenvalue weighted by molar-refractivity contribution is 7.11. The van der Waals surface area contributed by atoms with Crippen molar-refractivity contribution in [1.29, 1.82) is 0 Å². The molecule has 0 radical (unpaired) electrons. The van der Waals surface area contributed by atoms with E-state index in [4.69, 9.17) is 10.7 Å². The molecule has 0 amide bonds. The molecule has 0 saturated heterocycles. The summed E-state index contributed by atoms with van der Waals surface area (Å²) in [6.45, 7) is 9.36. The maximum absolute atomic E-state index is 5.85. The Bertz CT molecular complexity index is 585. The molecule has 0 spiro atoms. The van der Waals surface area contributed by atoms with Gasteiger partial charge in [0.05, 0.1) is 10.7 Å². The van der Waals surface area contributed by atoms with Crippen molar-refractivity contribution >= 4 is 11.3 Å². The van der Waals surface area contributed by atoms with Crippen molar-refractivity contribution in [3.05, 3.63) is 50.5 Å². The molecule has 0 bridgehead atoms. The molecule has 0 unspecified atom stereocenters. The second-order valence-electron chi connectivity index (χ2n) is 5.87. The molecule has 0 aliphatic rings. The van der Waals surface area contributed by atoms with Crippen LogP contribution in [0.1, 0.15) is 46.1 Å². The van der Waals surface area contributed by atoms with Gasteiger partial charge in [-0.15, -0.1) is 11.3 Å². The zero-order chi connectivity index (χ0) is 14.7. The number of hydrogen-bond donors (Lipinski definition) is 1. The molecule has 0 aliphatic heterocycles. The van der Waals surface area contributed by atoms with Crippen molar-refractivity contribution in [2.45, 2.75) is 47.1 Å². The lowest BCUT2D eigenvalue weighted by Crippen LogP contribution is -2.02. The average Bonchev–Trinajstić information content (AvgIpc) is 2.75. The molecule has 1 heterocycles. The number of nitrogens with two attached hydrogens (primary N) is 1. The quantitative estimate of drug-likeness (QED) is 0.903. The summed E-state index contributed by atoms with van der Waals surface area (Å²) >= 11 is 1.77. The van der Waals surface area contributed by atoms with E-state index in [0.29, 0.717) is 12.5 Å². The van der Waals surface area contributed by atoms with Crippen LogP contribution in [0.5, 0.6) is 0 Å². The molecular formula is C17H24N2S. The van der Waals surface area contributed by atoms with Gasteiger partial charge in [-0.3, -0.25) is 0 Å². The van der Waals surface area contributed by atoms with E-state index in [1.807, 2.05) is 0 Å². The van der Waals surface area contributed by atoms with E-state index in [0.717, 1.165) is 12.8 Å². The van der Waals surface area contributed by atoms with Gasteiger partial charge in [-0.25, -0.2) is 4.98 Å². The van der Waals surface area contributed by atoms with Crippen LogP contribution < -0.4 is 5.73 Å². The summed E-state index contributed by atoms with van der Waals surface area (Å²) in [6.07, 6.45) is 1.94. The number of aromatic nitrogens is 1. The summed E-state index contributed by atoms with van der Waals surface area (Å²) in [6, 6.07) is 6.66. The number of aryl methyl sites for hydroxylation is 2. The Kier molecular flexibility index (Phi) is 4.95. The highest BCUT2D eigenvalue weighted by Crippen LogP contribution is 2.23. The lowest BCUT2D eigenvalue weighted by Gasteiger charge is -2.03. The van der Waals surface area contributed by atoms with Crippen molar-refractivity contribution in [2.75, 3.05) is 0 Å². The van der Waals surface area contributed by atoms with Crippen LogP contribution in [0.3, 0.4) is 0 Å². The first kappa shape index (κ1) is 15.2. The molecule has 2 N–H and O–H groups in total. The van der Waals surface area contributed by atoms with E-state index < -0.39 is 0 Å². The number of benzene rings is 1. The zero-order valence-electron chi connectivity index (χ0n) is 12.9. The first-order valence-electron chi connectivity index (χ1n) is 7.23. The van der Waals surface area contributed by atoms with Gasteiger partial charge >= 0.3 is 0 Å². The maximum atomic E-state index is 5.85. The van der Waals surface area contributed by atoms with Crippen molar-refractivity contribution in [3.63, 3.8) is 0 Å². The molecular weight excluding hydrogens is 264 g/mol. The van der Waals surface area contributed by atoms with Crippen LogP contribution in [0.25, 0.3) is 0 Å². The van der Waals surface area contributed by atoms with Gasteiger partial charge in [0.25, 0.3) is 0 Å². The van der Waals surface area contributed by atoms with Crippen LogP contribution >= 0.6 is 11.3 Å². The first-order valence-corrected chi connectivity index (χ1v) is 8.05. The summed E-state index contributed by atoms with van der Waals surface area (Å²) in [4.78, 5) is 6.05. The molecule has 0 atom stereocenters. The van der Waals surface area contributed by atoms with Crippen molar-refractivity contribution < 1.29 is 0 Å². The van der Waals surface area contributed by atoms with Gasteiger partial charge in [-0.1, -0.05) is 32.0 Å². The molecule has 0 saturated carbocycles. The largest absolute Gasteiger partial charge is 0.326 e. The standard InChI is InChI=1S/C17H24N2S/c1-11(2)7-15-16(10-18)20-17(19-15)9-14-6-5-12(3)13(4)8-14/h5-6,8,11H,7,9-10,18H2,1-4H3. The molecule has 2 aromatic rings. The first-order chi connectivity index (χ1) is 9.49. The molecule has 3 heteroatoms. The molecule has 2 nitrogen and oxygen atoms in total. The van der Waals surface area contributed by atoms with Crippen LogP contribution in [0, 0.1) is 19.8 Å². The highest BCUT2D eigenvalue weighted by Gasteiger charge is 2.12. The Morgan fingerprint density at radius 1 is 1.20 bits per heavy atom. The zero-order valence-corrected chi connectivity index (χ0v) is 13.7. The van der Waals surface area contributed by atoms with Gasteiger partial charge in [0.2, 0.25) is 0 Å². The molecule has 108 valence electrons. The Hall–Kier alpha value is -1.19. The summed E-state index contributed by atoms with van der Waals surface area (Å²) in [7, 11) is 0. The van der Waals surface area contributed by atoms with Crippen LogP contribution in [0.2, 0.25) is 0 Å². The minimum atomic E-state index is 0.604. The van der Waals surface area contributed by atoms with Crippen LogP contribution in [0.4, 0.5) is 0 Å². The van der Waals surface area contributed by atoms with Gasteiger partial charge < -0.3 is 5.73 Å². The van der Waals surface area contributed by atoms with Gasteiger partial charge in [-0.2, -0.15) is 0 Å². The number of thiazole rings is 1. The molecule has 2 rings (SSSR count). The summed E-state index contributed by atoms with van der Waals surface area (Å²) < 4.78 is 0. The third-order valence-corrected chi connectivity index (χ3v) is 4.66. The molecule has 0 fully saturated rings. The topological polar surface area (TPSA) is 38.9 Å². The Labute approximate surface area is 126 Å². The van der Waals surface area contributed by atoms with Crippen molar-refractivity contribution in [1.82, 2.24) is 4.98 Å². The fourth-order valence-electron chi connectivity index (χ4n) is 2.31. The SMILES string of the molecule is Cc1ccc(Cc2nc(CC(C)C)c(CN)s2)cc1C. The lowest BCUT2D eigenvalue weighted by molar-refractivity contribution is 0.632. The second-order valence-corrected chi connectivity index (χ2v) is 7.04. The number of rotatable bonds is 5. The third kappa shape index (κ3) is 3.68. The second kappa shape index (κ2) is 6.51. The maximum Gasteiger partial charge on any atom is 0.0975 e. The molecule has 0 aliphatic carbocycles. The number of hydrogen-bond acceptors (Lipinski definition) is 3. The van der Waals surface area contributed by atoms with E-state index in [1.54, 1.807) is 11.3 Å². The Morgan fingerprint density at radius 3 is 2.55 bits per heavy atom. The third-order valence-electron chi connectivity index (χ3n) is 3.54. The summed E-state index contributed by atoms with van der Waals surface area (Å²) in [5.74, 6) is 0.622. The van der Waals surface area contributed by atoms with Crippen LogP contribution in [0.15, 0.2) is 18.2 Å². The fraction of sp³-hybridized carbons (Fsp3) is 0.471. The molecule has 1 aromatic carbocycles. The highest BCUT2D eigenvalue weighted by atomic mass is 32.1. The predicted molar refractivity (Wildman–Crippen MR) is 87.3 cm³/mol. The van der Waals surface area contributed by atoms with Gasteiger partial charge in [0.1, 0.15) is 0 Å². The average molecular weight is 288 g/mol. The van der Waals surface area contributed by atoms with Gasteiger partial charge in [0, 0.05) is 17.8 Å². The Morgan fingerprint density at radius 2 is 1.95 bits per heavy atom. The van der Waals surface area contributed by atoms with Gasteiger partial charge in [0.15, 0.2) is 0 Å². The van der Waals surface area contributed by atoms with E-state index in [1.165, 1.54) is 32.3 Å². The monoisotopic (exact) mass is 288 g/mol. The minimum absolute atomic E-state index is 0.604. The Balaban J connectivity index is 2.20. The van der Waals surface area contributed by atoms with Gasteiger partial charge in [-0.05, 0) is 42.9 Å². The van der Waals surface area contributed by atoms with E-state index in [9.17, 15) is 0 Å². The van der Waals surface area contributed by atoms with E-state index in [-0.39, 0.29) is 0 Å². The summed E-state index contributed by atoms with van der Waals surface area (Å²) in [5.41, 5.74) is 11.1. The molecule has 20 heavy (non-hydrogen) atoms. The fourth-order valence-corrected chi connectivity index (χ4v) is 3.32. The predicted octanol–water partition coefficient (Wildman–Crippen LogP) is 4.01. The minimum Gasteiger partial charge on any atom is -0.326 e. The smallest absolute Gasteiger partial charge is 0.0975 e. The number of nitrogens with zero attached hydrogens (tertiary/aromatic N) is 1. The summed E-state index contributed by atoms with van der Waals surface area (Å²) in [5, 5.41) is 1.18. The lowest BCUT2D eigenvalue weighted by atomic mass is 10.0. The van der Waals surface area contributed by atoms with Crippen molar-refractivity contribution in [3.8, 4) is 0 Å². The molecule has 1 aromatic heterocycles. The van der Waals surface area contributed by atoms with Crippen molar-refractivity contribution in [2.24, 2.45) is 11.7 Å². The normalized spacial score (nSPS) is 11.3. The van der Waals surface area contributed by atoms with E-state index >= 15 is 0 Å².